The van der Waals surface area contributed by atoms with Gasteiger partial charge in [-0.1, -0.05) is 25.1 Å². The summed E-state index contributed by atoms with van der Waals surface area (Å²) in [4.78, 5) is 30.9. The minimum absolute atomic E-state index is 0.0509. The maximum Gasteiger partial charge on any atom is 0.226 e. The number of aryl methyl sites for hydroxylation is 1. The van der Waals surface area contributed by atoms with E-state index in [-0.39, 0.29) is 11.7 Å². The lowest BCUT2D eigenvalue weighted by atomic mass is 9.97. The molecule has 5 heteroatoms. The Hall–Kier alpha value is -3.47. The van der Waals surface area contributed by atoms with Gasteiger partial charge in [0.05, 0.1) is 12.7 Å². The molecule has 4 rings (SSSR count). The fourth-order valence-electron chi connectivity index (χ4n) is 4.07. The summed E-state index contributed by atoms with van der Waals surface area (Å²) in [6.07, 6.45) is 5.93. The number of ether oxygens (including phenoxy) is 1. The van der Waals surface area contributed by atoms with E-state index in [0.717, 1.165) is 35.3 Å². The van der Waals surface area contributed by atoms with E-state index >= 15 is 0 Å². The molecule has 0 atom stereocenters. The van der Waals surface area contributed by atoms with Crippen molar-refractivity contribution in [1.82, 2.24) is 4.98 Å². The lowest BCUT2D eigenvalue weighted by Crippen LogP contribution is -2.27. The molecule has 1 aromatic heterocycles. The number of benzene rings is 2. The van der Waals surface area contributed by atoms with Crippen molar-refractivity contribution in [2.45, 2.75) is 32.6 Å². The first-order chi connectivity index (χ1) is 15.1. The molecule has 2 heterocycles. The predicted molar refractivity (Wildman–Crippen MR) is 122 cm³/mol. The van der Waals surface area contributed by atoms with E-state index in [9.17, 15) is 9.59 Å². The quantitative estimate of drug-likeness (QED) is 0.518. The van der Waals surface area contributed by atoms with Crippen LogP contribution in [-0.4, -0.2) is 30.3 Å². The van der Waals surface area contributed by atoms with Gasteiger partial charge in [0.2, 0.25) is 5.91 Å². The fraction of sp³-hybridized carbons (Fsp3) is 0.269. The number of hydrogen-bond donors (Lipinski definition) is 0. The van der Waals surface area contributed by atoms with E-state index in [1.807, 2.05) is 54.3 Å². The largest absolute Gasteiger partial charge is 0.496 e. The van der Waals surface area contributed by atoms with Crippen molar-refractivity contribution in [3.63, 3.8) is 0 Å². The first-order valence-corrected chi connectivity index (χ1v) is 10.6. The van der Waals surface area contributed by atoms with Crippen LogP contribution in [0, 0.1) is 0 Å². The Bertz CT molecular complexity index is 1110. The normalized spacial score (nSPS) is 12.5. The van der Waals surface area contributed by atoms with Gasteiger partial charge in [0.25, 0.3) is 0 Å². The molecule has 1 aliphatic heterocycles. The van der Waals surface area contributed by atoms with E-state index in [0.29, 0.717) is 30.6 Å². The van der Waals surface area contributed by atoms with Crippen molar-refractivity contribution in [2.75, 3.05) is 18.6 Å². The van der Waals surface area contributed by atoms with E-state index in [1.165, 1.54) is 5.56 Å². The third kappa shape index (κ3) is 4.36. The van der Waals surface area contributed by atoms with Gasteiger partial charge in [-0.25, -0.2) is 0 Å². The lowest BCUT2D eigenvalue weighted by molar-refractivity contribution is -0.118. The second kappa shape index (κ2) is 9.13. The summed E-state index contributed by atoms with van der Waals surface area (Å²) < 4.78 is 5.55. The minimum Gasteiger partial charge on any atom is -0.496 e. The van der Waals surface area contributed by atoms with E-state index in [4.69, 9.17) is 4.74 Å². The second-order valence-corrected chi connectivity index (χ2v) is 7.69. The number of carbonyl (C=O) groups is 2. The molecule has 0 aliphatic carbocycles. The molecule has 0 N–H and O–H groups in total. The topological polar surface area (TPSA) is 59.5 Å². The molecule has 1 aliphatic rings. The van der Waals surface area contributed by atoms with Crippen molar-refractivity contribution in [3.05, 3.63) is 77.6 Å². The Labute approximate surface area is 182 Å². The highest BCUT2D eigenvalue weighted by molar-refractivity contribution is 5.99. The van der Waals surface area contributed by atoms with E-state index in [1.54, 1.807) is 19.5 Å². The number of fused-ring (bicyclic) bond motifs is 1. The molecule has 0 radical (unpaired) electrons. The Kier molecular flexibility index (Phi) is 6.12. The van der Waals surface area contributed by atoms with Crippen LogP contribution < -0.4 is 9.64 Å². The van der Waals surface area contributed by atoms with Crippen LogP contribution in [-0.2, 0) is 17.6 Å². The summed E-state index contributed by atoms with van der Waals surface area (Å²) in [5.74, 6) is 0.786. The van der Waals surface area contributed by atoms with Gasteiger partial charge in [0, 0.05) is 37.5 Å². The van der Waals surface area contributed by atoms with Crippen LogP contribution in [0.2, 0.25) is 0 Å². The van der Waals surface area contributed by atoms with Crippen LogP contribution >= 0.6 is 0 Å². The second-order valence-electron chi connectivity index (χ2n) is 7.69. The van der Waals surface area contributed by atoms with Gasteiger partial charge in [0.15, 0.2) is 5.78 Å². The number of anilines is 1. The highest BCUT2D eigenvalue weighted by Crippen LogP contribution is 2.34. The van der Waals surface area contributed by atoms with Crippen LogP contribution in [0.5, 0.6) is 5.75 Å². The molecule has 0 unspecified atom stereocenters. The molecule has 0 bridgehead atoms. The Balaban J connectivity index is 1.54. The smallest absolute Gasteiger partial charge is 0.226 e. The first kappa shape index (κ1) is 20.8. The summed E-state index contributed by atoms with van der Waals surface area (Å²) in [6, 6.07) is 15.8. The van der Waals surface area contributed by atoms with Gasteiger partial charge in [-0.2, -0.15) is 0 Å². The zero-order chi connectivity index (χ0) is 21.8. The van der Waals surface area contributed by atoms with Gasteiger partial charge in [-0.15, -0.1) is 0 Å². The summed E-state index contributed by atoms with van der Waals surface area (Å²) in [7, 11) is 1.59. The summed E-state index contributed by atoms with van der Waals surface area (Å²) >= 11 is 0. The molecule has 0 fully saturated rings. The van der Waals surface area contributed by atoms with E-state index < -0.39 is 0 Å². The third-order valence-electron chi connectivity index (χ3n) is 5.78. The Morgan fingerprint density at radius 2 is 1.90 bits per heavy atom. The molecular weight excluding hydrogens is 388 g/mol. The molecule has 5 nitrogen and oxygen atoms in total. The predicted octanol–water partition coefficient (Wildman–Crippen LogP) is 4.87. The number of rotatable bonds is 7. The number of methoxy groups -OCH3 is 1. The maximum absolute atomic E-state index is 12.8. The van der Waals surface area contributed by atoms with Gasteiger partial charge in [-0.05, 0) is 65.4 Å². The van der Waals surface area contributed by atoms with Crippen molar-refractivity contribution in [1.29, 1.82) is 0 Å². The number of pyridine rings is 1. The third-order valence-corrected chi connectivity index (χ3v) is 5.78. The van der Waals surface area contributed by atoms with Gasteiger partial charge < -0.3 is 9.64 Å². The Morgan fingerprint density at radius 3 is 2.65 bits per heavy atom. The molecule has 0 spiro atoms. The standard InChI is InChI=1S/C26H26N2O3/c1-3-26(30)28-14-12-21-15-19(8-10-23(21)28)20-7-9-22(25(16-20)31-2)24(29)11-6-18-5-4-13-27-17-18/h4-5,7-10,13,15-17H,3,6,11-12,14H2,1-2H3. The molecular formula is C26H26N2O3. The highest BCUT2D eigenvalue weighted by atomic mass is 16.5. The van der Waals surface area contributed by atoms with Gasteiger partial charge in [0.1, 0.15) is 5.75 Å². The first-order valence-electron chi connectivity index (χ1n) is 10.6. The Morgan fingerprint density at radius 1 is 1.10 bits per heavy atom. The van der Waals surface area contributed by atoms with Crippen molar-refractivity contribution in [2.24, 2.45) is 0 Å². The van der Waals surface area contributed by atoms with Crippen LogP contribution in [0.15, 0.2) is 60.9 Å². The molecule has 3 aromatic rings. The number of aromatic nitrogens is 1. The molecule has 0 saturated heterocycles. The number of nitrogens with zero attached hydrogens (tertiary/aromatic N) is 2. The summed E-state index contributed by atoms with van der Waals surface area (Å²) in [5.41, 5.74) is 5.86. The van der Waals surface area contributed by atoms with Crippen molar-refractivity contribution >= 4 is 17.4 Å². The van der Waals surface area contributed by atoms with Crippen LogP contribution in [0.25, 0.3) is 11.1 Å². The van der Waals surface area contributed by atoms with Gasteiger partial charge >= 0.3 is 0 Å². The summed E-state index contributed by atoms with van der Waals surface area (Å²) in [6.45, 7) is 2.62. The average Bonchev–Trinajstić information content (AvgIpc) is 3.25. The SMILES string of the molecule is CCC(=O)N1CCc2cc(-c3ccc(C(=O)CCc4cccnc4)c(OC)c3)ccc21. The van der Waals surface area contributed by atoms with Gasteiger partial charge in [-0.3, -0.25) is 14.6 Å². The molecule has 31 heavy (non-hydrogen) atoms. The number of ketones is 1. The highest BCUT2D eigenvalue weighted by Gasteiger charge is 2.24. The number of hydrogen-bond acceptors (Lipinski definition) is 4. The number of amides is 1. The van der Waals surface area contributed by atoms with Crippen LogP contribution in [0.3, 0.4) is 0 Å². The number of carbonyl (C=O) groups excluding carboxylic acids is 2. The molecule has 1 amide bonds. The summed E-state index contributed by atoms with van der Waals surface area (Å²) in [5, 5.41) is 0. The van der Waals surface area contributed by atoms with Crippen LogP contribution in [0.4, 0.5) is 5.69 Å². The minimum atomic E-state index is 0.0509. The molecule has 2 aromatic carbocycles. The average molecular weight is 415 g/mol. The molecule has 0 saturated carbocycles. The zero-order valence-corrected chi connectivity index (χ0v) is 17.9. The van der Waals surface area contributed by atoms with Crippen molar-refractivity contribution in [3.8, 4) is 16.9 Å². The maximum atomic E-state index is 12.8. The monoisotopic (exact) mass is 414 g/mol. The fourth-order valence-corrected chi connectivity index (χ4v) is 4.07. The molecule has 158 valence electrons. The zero-order valence-electron chi connectivity index (χ0n) is 17.9. The van der Waals surface area contributed by atoms with Crippen molar-refractivity contribution < 1.29 is 14.3 Å². The van der Waals surface area contributed by atoms with Crippen LogP contribution in [0.1, 0.15) is 41.3 Å². The number of Topliss-reactive ketones (excluding diaryl/α,β-unsaturated/α-hetero) is 1. The van der Waals surface area contributed by atoms with E-state index in [2.05, 4.69) is 11.1 Å². The lowest BCUT2D eigenvalue weighted by Gasteiger charge is -2.17.